The number of nitro groups is 1. The van der Waals surface area contributed by atoms with E-state index >= 15 is 0 Å². The Balaban J connectivity index is 1.92. The van der Waals surface area contributed by atoms with Crippen LogP contribution in [0.3, 0.4) is 0 Å². The molecule has 2 aromatic rings. The molecule has 0 bridgehead atoms. The van der Waals surface area contributed by atoms with Gasteiger partial charge in [0, 0.05) is 29.6 Å². The van der Waals surface area contributed by atoms with Gasteiger partial charge in [-0.1, -0.05) is 12.1 Å². The Hall–Kier alpha value is -3.55. The molecule has 27 heavy (non-hydrogen) atoms. The highest BCUT2D eigenvalue weighted by molar-refractivity contribution is 6.24. The second-order valence-corrected chi connectivity index (χ2v) is 6.26. The minimum absolute atomic E-state index is 0.0564. The predicted octanol–water partition coefficient (Wildman–Crippen LogP) is 2.68. The average molecular weight is 367 g/mol. The topological polar surface area (TPSA) is 103 Å². The molecule has 8 heteroatoms. The first kappa shape index (κ1) is 18.2. The number of amides is 2. The van der Waals surface area contributed by atoms with Crippen molar-refractivity contribution in [2.75, 3.05) is 6.54 Å². The number of allylic oxidation sites excluding steroid dienone is 1. The summed E-state index contributed by atoms with van der Waals surface area (Å²) < 4.78 is 1.90. The first-order chi connectivity index (χ1) is 12.8. The summed E-state index contributed by atoms with van der Waals surface area (Å²) in [5, 5.41) is 11.2. The van der Waals surface area contributed by atoms with Crippen LogP contribution in [0, 0.1) is 24.0 Å². The summed E-state index contributed by atoms with van der Waals surface area (Å²) >= 11 is 0. The first-order valence-electron chi connectivity index (χ1n) is 8.22. The number of ketones is 1. The van der Waals surface area contributed by atoms with E-state index in [4.69, 9.17) is 0 Å². The number of aryl methyl sites for hydroxylation is 1. The molecule has 0 atom stereocenters. The van der Waals surface area contributed by atoms with Crippen LogP contribution >= 0.6 is 0 Å². The summed E-state index contributed by atoms with van der Waals surface area (Å²) in [5.74, 6) is -1.93. The molecule has 2 amide bonds. The smallest absolute Gasteiger partial charge is 0.282 e. The minimum atomic E-state index is -0.824. The van der Waals surface area contributed by atoms with E-state index in [0.717, 1.165) is 16.7 Å². The molecule has 2 heterocycles. The van der Waals surface area contributed by atoms with E-state index < -0.39 is 34.8 Å². The highest BCUT2D eigenvalue weighted by atomic mass is 16.6. The summed E-state index contributed by atoms with van der Waals surface area (Å²) in [5.41, 5.74) is 1.20. The Morgan fingerprint density at radius 1 is 1.26 bits per heavy atom. The fourth-order valence-electron chi connectivity index (χ4n) is 3.33. The summed E-state index contributed by atoms with van der Waals surface area (Å²) in [6.07, 6.45) is 1.71. The van der Waals surface area contributed by atoms with Gasteiger partial charge in [0.2, 0.25) is 0 Å². The van der Waals surface area contributed by atoms with Crippen molar-refractivity contribution < 1.29 is 19.3 Å². The molecular formula is C19H17N3O5. The van der Waals surface area contributed by atoms with Gasteiger partial charge in [-0.3, -0.25) is 29.4 Å². The van der Waals surface area contributed by atoms with Crippen molar-refractivity contribution in [3.63, 3.8) is 0 Å². The lowest BCUT2D eigenvalue weighted by Gasteiger charge is -2.13. The molecule has 0 saturated heterocycles. The van der Waals surface area contributed by atoms with Crippen molar-refractivity contribution >= 4 is 23.3 Å². The Morgan fingerprint density at radius 3 is 2.59 bits per heavy atom. The average Bonchev–Trinajstić information content (AvgIpc) is 3.05. The molecule has 0 fully saturated rings. The van der Waals surface area contributed by atoms with Crippen molar-refractivity contribution in [3.05, 3.63) is 75.1 Å². The predicted molar refractivity (Wildman–Crippen MR) is 96.9 cm³/mol. The van der Waals surface area contributed by atoms with Crippen LogP contribution in [-0.4, -0.2) is 38.5 Å². The normalized spacial score (nSPS) is 13.0. The number of nitro benzene ring substituents is 1. The third kappa shape index (κ3) is 2.84. The largest absolute Gasteiger partial charge is 0.345 e. The van der Waals surface area contributed by atoms with Crippen molar-refractivity contribution in [1.82, 2.24) is 9.47 Å². The van der Waals surface area contributed by atoms with Crippen molar-refractivity contribution in [1.29, 1.82) is 0 Å². The lowest BCUT2D eigenvalue weighted by molar-refractivity contribution is -0.385. The third-order valence-electron chi connectivity index (χ3n) is 4.66. The Kier molecular flexibility index (Phi) is 4.49. The van der Waals surface area contributed by atoms with Crippen LogP contribution in [-0.2, 0) is 6.54 Å². The van der Waals surface area contributed by atoms with E-state index in [1.54, 1.807) is 19.1 Å². The van der Waals surface area contributed by atoms with Crippen LogP contribution in [0.5, 0.6) is 0 Å². The van der Waals surface area contributed by atoms with Crippen molar-refractivity contribution in [2.45, 2.75) is 20.4 Å². The van der Waals surface area contributed by atoms with Crippen molar-refractivity contribution in [2.24, 2.45) is 0 Å². The number of nitrogens with zero attached hydrogens (tertiary/aromatic N) is 3. The Bertz CT molecular complexity index is 1020. The van der Waals surface area contributed by atoms with Gasteiger partial charge in [-0.05, 0) is 26.0 Å². The van der Waals surface area contributed by atoms with Gasteiger partial charge in [-0.2, -0.15) is 0 Å². The zero-order valence-electron chi connectivity index (χ0n) is 14.9. The van der Waals surface area contributed by atoms with E-state index in [1.807, 2.05) is 11.5 Å². The molecule has 138 valence electrons. The zero-order chi connectivity index (χ0) is 19.9. The lowest BCUT2D eigenvalue weighted by atomic mass is 10.1. The van der Waals surface area contributed by atoms with Crippen LogP contribution in [0.4, 0.5) is 5.69 Å². The zero-order valence-corrected chi connectivity index (χ0v) is 14.9. The van der Waals surface area contributed by atoms with Gasteiger partial charge in [-0.25, -0.2) is 0 Å². The van der Waals surface area contributed by atoms with E-state index in [9.17, 15) is 24.5 Å². The molecule has 0 N–H and O–H groups in total. The summed E-state index contributed by atoms with van der Waals surface area (Å²) in [7, 11) is 0. The lowest BCUT2D eigenvalue weighted by Crippen LogP contribution is -2.35. The molecule has 0 spiro atoms. The number of benzene rings is 1. The summed E-state index contributed by atoms with van der Waals surface area (Å²) in [4.78, 5) is 49.1. The van der Waals surface area contributed by atoms with Crippen molar-refractivity contribution in [3.8, 4) is 0 Å². The molecule has 0 unspecified atom stereocenters. The number of imide groups is 1. The number of carbonyl (C=O) groups excluding carboxylic acids is 3. The number of Topliss-reactive ketones (excluding diaryl/α,β-unsaturated/α-hetero) is 1. The minimum Gasteiger partial charge on any atom is -0.345 e. The van der Waals surface area contributed by atoms with Gasteiger partial charge in [-0.15, -0.1) is 6.58 Å². The standard InChI is InChI=1S/C19H17N3O5/c1-4-8-20-11(2)9-14(12(20)3)16(23)10-21-18(24)13-6-5-7-15(22(26)27)17(13)19(21)25/h4-7,9H,1,8,10H2,2-3H3. The summed E-state index contributed by atoms with van der Waals surface area (Å²) in [6.45, 7) is 7.36. The van der Waals surface area contributed by atoms with E-state index in [-0.39, 0.29) is 11.1 Å². The molecule has 1 aliphatic heterocycles. The van der Waals surface area contributed by atoms with Crippen LogP contribution in [0.25, 0.3) is 0 Å². The van der Waals surface area contributed by atoms with Gasteiger partial charge in [0.15, 0.2) is 5.78 Å². The van der Waals surface area contributed by atoms with E-state index in [2.05, 4.69) is 6.58 Å². The van der Waals surface area contributed by atoms with Crippen LogP contribution in [0.2, 0.25) is 0 Å². The molecule has 3 rings (SSSR count). The van der Waals surface area contributed by atoms with E-state index in [0.29, 0.717) is 17.8 Å². The summed E-state index contributed by atoms with van der Waals surface area (Å²) in [6, 6.07) is 5.55. The van der Waals surface area contributed by atoms with Crippen LogP contribution in [0.15, 0.2) is 36.9 Å². The molecule has 8 nitrogen and oxygen atoms in total. The number of carbonyl (C=O) groups is 3. The monoisotopic (exact) mass is 367 g/mol. The highest BCUT2D eigenvalue weighted by Gasteiger charge is 2.41. The molecule has 0 aliphatic carbocycles. The Morgan fingerprint density at radius 2 is 1.96 bits per heavy atom. The number of fused-ring (bicyclic) bond motifs is 1. The van der Waals surface area contributed by atoms with Gasteiger partial charge in [0.1, 0.15) is 5.56 Å². The maximum absolute atomic E-state index is 12.7. The number of hydrogen-bond acceptors (Lipinski definition) is 5. The fourth-order valence-corrected chi connectivity index (χ4v) is 3.33. The second-order valence-electron chi connectivity index (χ2n) is 6.26. The number of hydrogen-bond donors (Lipinski definition) is 0. The first-order valence-corrected chi connectivity index (χ1v) is 8.22. The van der Waals surface area contributed by atoms with E-state index in [1.165, 1.54) is 12.1 Å². The Labute approximate surface area is 154 Å². The number of rotatable bonds is 6. The van der Waals surface area contributed by atoms with Gasteiger partial charge in [0.25, 0.3) is 17.5 Å². The quantitative estimate of drug-likeness (QED) is 0.257. The number of aromatic nitrogens is 1. The molecule has 0 radical (unpaired) electrons. The maximum atomic E-state index is 12.7. The molecule has 0 saturated carbocycles. The third-order valence-corrected chi connectivity index (χ3v) is 4.66. The van der Waals surface area contributed by atoms with Gasteiger partial charge >= 0.3 is 0 Å². The molecule has 1 aliphatic rings. The molecule has 1 aromatic carbocycles. The van der Waals surface area contributed by atoms with Gasteiger partial charge < -0.3 is 4.57 Å². The maximum Gasteiger partial charge on any atom is 0.282 e. The van der Waals surface area contributed by atoms with Crippen LogP contribution < -0.4 is 0 Å². The molecule has 1 aromatic heterocycles. The molecular weight excluding hydrogens is 350 g/mol. The fraction of sp³-hybridized carbons (Fsp3) is 0.211. The second kappa shape index (κ2) is 6.64. The SMILES string of the molecule is C=CCn1c(C)cc(C(=O)CN2C(=O)c3cccc([N+](=O)[O-])c3C2=O)c1C. The van der Waals surface area contributed by atoms with Crippen LogP contribution in [0.1, 0.15) is 42.5 Å². The highest BCUT2D eigenvalue weighted by Crippen LogP contribution is 2.31. The van der Waals surface area contributed by atoms with Gasteiger partial charge in [0.05, 0.1) is 17.0 Å².